The molecule has 0 N–H and O–H groups in total. The van der Waals surface area contributed by atoms with Crippen molar-refractivity contribution >= 4 is 17.0 Å². The molecule has 0 radical (unpaired) electrons. The van der Waals surface area contributed by atoms with Crippen molar-refractivity contribution in [2.24, 2.45) is 0 Å². The Bertz CT molecular complexity index is 978. The number of nitrogens with zero attached hydrogens (tertiary/aromatic N) is 1. The van der Waals surface area contributed by atoms with E-state index in [2.05, 4.69) is 4.57 Å². The molecule has 5 nitrogen and oxygen atoms in total. The normalized spacial score (nSPS) is 12.0. The molecule has 0 aliphatic rings. The van der Waals surface area contributed by atoms with E-state index in [4.69, 9.17) is 8.92 Å². The van der Waals surface area contributed by atoms with Crippen molar-refractivity contribution < 1.29 is 17.9 Å². The third-order valence-electron chi connectivity index (χ3n) is 4.50. The molecule has 1 aromatic heterocycles. The molecular weight excluding hydrogens is 374 g/mol. The van der Waals surface area contributed by atoms with Crippen LogP contribution < -0.4 is 0 Å². The second-order valence-corrected chi connectivity index (χ2v) is 7.49. The van der Waals surface area contributed by atoms with E-state index in [1.54, 1.807) is 19.1 Å². The van der Waals surface area contributed by atoms with Crippen molar-refractivity contribution in [1.29, 1.82) is 0 Å². The average molecular weight is 397 g/mol. The second kappa shape index (κ2) is 8.99. The fraction of sp³-hybridized carbons (Fsp3) is 0.227. The van der Waals surface area contributed by atoms with Crippen molar-refractivity contribution in [3.63, 3.8) is 0 Å². The zero-order valence-electron chi connectivity index (χ0n) is 16.2. The number of aromatic nitrogens is 1. The highest BCUT2D eigenvalue weighted by molar-refractivity contribution is 7.80. The third-order valence-corrected chi connectivity index (χ3v) is 5.46. The van der Waals surface area contributed by atoms with Crippen molar-refractivity contribution in [2.45, 2.75) is 25.2 Å². The third kappa shape index (κ3) is 4.24. The minimum absolute atomic E-state index is 0.221. The summed E-state index contributed by atoms with van der Waals surface area (Å²) in [6.07, 6.45) is 0.221. The number of carbonyl (C=O) groups excluding carboxylic acids is 1. The van der Waals surface area contributed by atoms with Gasteiger partial charge in [-0.2, -0.15) is 0 Å². The molecule has 0 fully saturated rings. The summed E-state index contributed by atoms with van der Waals surface area (Å²) in [5.41, 5.74) is 4.83. The monoisotopic (exact) mass is 397 g/mol. The highest BCUT2D eigenvalue weighted by atomic mass is 32.2. The number of hydrogen-bond donors (Lipinski definition) is 0. The minimum atomic E-state index is -1.47. The molecule has 28 heavy (non-hydrogen) atoms. The first kappa shape index (κ1) is 20.0. The molecular formula is C22H23NO4S. The maximum Gasteiger partial charge on any atom is 0.310 e. The standard InChI is InChI=1S/C22H23NO4S/c1-4-27-22(24)15-18-14-21(17-10-12-20(13-11-17)28(25)26-3)23(16(18)2)19-8-6-5-7-9-19/h5-14H,4,15H2,1-3H3. The van der Waals surface area contributed by atoms with Crippen molar-refractivity contribution in [3.05, 3.63) is 71.9 Å². The fourth-order valence-electron chi connectivity index (χ4n) is 3.16. The molecule has 1 atom stereocenters. The predicted molar refractivity (Wildman–Crippen MR) is 110 cm³/mol. The summed E-state index contributed by atoms with van der Waals surface area (Å²) in [4.78, 5) is 12.6. The summed E-state index contributed by atoms with van der Waals surface area (Å²) < 4.78 is 23.9. The lowest BCUT2D eigenvalue weighted by atomic mass is 10.1. The zero-order chi connectivity index (χ0) is 20.1. The lowest BCUT2D eigenvalue weighted by Crippen LogP contribution is -2.08. The van der Waals surface area contributed by atoms with Crippen LogP contribution in [0.2, 0.25) is 0 Å². The van der Waals surface area contributed by atoms with Gasteiger partial charge in [0.05, 0.1) is 30.7 Å². The Labute approximate surface area is 167 Å². The topological polar surface area (TPSA) is 57.5 Å². The molecule has 0 saturated heterocycles. The van der Waals surface area contributed by atoms with Crippen LogP contribution in [0.1, 0.15) is 18.2 Å². The van der Waals surface area contributed by atoms with Crippen molar-refractivity contribution in [3.8, 4) is 16.9 Å². The number of esters is 1. The molecule has 146 valence electrons. The summed E-state index contributed by atoms with van der Waals surface area (Å²) in [6, 6.07) is 19.4. The van der Waals surface area contributed by atoms with E-state index in [9.17, 15) is 9.00 Å². The van der Waals surface area contributed by atoms with E-state index in [0.29, 0.717) is 11.5 Å². The lowest BCUT2D eigenvalue weighted by molar-refractivity contribution is -0.142. The molecule has 0 bridgehead atoms. The number of benzene rings is 2. The van der Waals surface area contributed by atoms with Crippen molar-refractivity contribution in [2.75, 3.05) is 13.7 Å². The maximum atomic E-state index is 12.0. The summed E-state index contributed by atoms with van der Waals surface area (Å²) in [5, 5.41) is 0. The van der Waals surface area contributed by atoms with Crippen LogP contribution >= 0.6 is 0 Å². The number of ether oxygens (including phenoxy) is 1. The molecule has 1 heterocycles. The van der Waals surface area contributed by atoms with E-state index >= 15 is 0 Å². The SMILES string of the molecule is CCOC(=O)Cc1cc(-c2ccc(S(=O)OC)cc2)n(-c2ccccc2)c1C. The van der Waals surface area contributed by atoms with Gasteiger partial charge in [-0.3, -0.25) is 8.98 Å². The minimum Gasteiger partial charge on any atom is -0.466 e. The lowest BCUT2D eigenvalue weighted by Gasteiger charge is -2.12. The van der Waals surface area contributed by atoms with Gasteiger partial charge in [0.1, 0.15) is 0 Å². The molecule has 3 rings (SSSR count). The van der Waals surface area contributed by atoms with E-state index in [-0.39, 0.29) is 12.4 Å². The van der Waals surface area contributed by atoms with Gasteiger partial charge in [-0.05, 0) is 55.3 Å². The van der Waals surface area contributed by atoms with Crippen LogP contribution in [0.5, 0.6) is 0 Å². The van der Waals surface area contributed by atoms with Gasteiger partial charge < -0.3 is 9.30 Å². The van der Waals surface area contributed by atoms with Crippen LogP contribution in [-0.4, -0.2) is 28.5 Å². The van der Waals surface area contributed by atoms with Gasteiger partial charge in [0, 0.05) is 11.4 Å². The molecule has 2 aromatic carbocycles. The van der Waals surface area contributed by atoms with Crippen LogP contribution in [0.4, 0.5) is 0 Å². The van der Waals surface area contributed by atoms with Crippen LogP contribution in [0.3, 0.4) is 0 Å². The van der Waals surface area contributed by atoms with Crippen LogP contribution in [0.15, 0.2) is 65.6 Å². The first-order valence-corrected chi connectivity index (χ1v) is 10.1. The van der Waals surface area contributed by atoms with Gasteiger partial charge in [-0.15, -0.1) is 0 Å². The van der Waals surface area contributed by atoms with Crippen LogP contribution in [-0.2, 0) is 31.2 Å². The van der Waals surface area contributed by atoms with Gasteiger partial charge in [0.25, 0.3) is 0 Å². The maximum absolute atomic E-state index is 12.0. The highest BCUT2D eigenvalue weighted by Crippen LogP contribution is 2.30. The molecule has 0 aliphatic heterocycles. The summed E-state index contributed by atoms with van der Waals surface area (Å²) >= 11 is -1.47. The van der Waals surface area contributed by atoms with Crippen molar-refractivity contribution in [1.82, 2.24) is 4.57 Å². The first-order valence-electron chi connectivity index (χ1n) is 9.04. The molecule has 6 heteroatoms. The summed E-state index contributed by atoms with van der Waals surface area (Å²) in [5.74, 6) is -0.242. The molecule has 0 aliphatic carbocycles. The van der Waals surface area contributed by atoms with Gasteiger partial charge >= 0.3 is 5.97 Å². The van der Waals surface area contributed by atoms with Gasteiger partial charge in [-0.25, -0.2) is 4.21 Å². The van der Waals surface area contributed by atoms with Gasteiger partial charge in [0.15, 0.2) is 11.1 Å². The van der Waals surface area contributed by atoms with Gasteiger partial charge in [-0.1, -0.05) is 30.3 Å². The fourth-order valence-corrected chi connectivity index (χ4v) is 3.71. The molecule has 0 saturated carbocycles. The largest absolute Gasteiger partial charge is 0.466 e. The Morgan fingerprint density at radius 1 is 1.07 bits per heavy atom. The summed E-state index contributed by atoms with van der Waals surface area (Å²) in [7, 11) is 1.41. The Morgan fingerprint density at radius 2 is 1.75 bits per heavy atom. The number of para-hydroxylation sites is 1. The smallest absolute Gasteiger partial charge is 0.310 e. The Balaban J connectivity index is 2.08. The number of carbonyl (C=O) groups is 1. The van der Waals surface area contributed by atoms with Crippen LogP contribution in [0.25, 0.3) is 16.9 Å². The molecule has 1 unspecified atom stereocenters. The van der Waals surface area contributed by atoms with Crippen LogP contribution in [0, 0.1) is 6.92 Å². The highest BCUT2D eigenvalue weighted by Gasteiger charge is 2.17. The quantitative estimate of drug-likeness (QED) is 0.560. The van der Waals surface area contributed by atoms with Gasteiger partial charge in [0.2, 0.25) is 0 Å². The Hall–Kier alpha value is -2.70. The molecule has 3 aromatic rings. The number of rotatable bonds is 7. The predicted octanol–water partition coefficient (Wildman–Crippen LogP) is 4.23. The van der Waals surface area contributed by atoms with E-state index in [1.807, 2.05) is 55.5 Å². The van der Waals surface area contributed by atoms with E-state index in [0.717, 1.165) is 28.2 Å². The average Bonchev–Trinajstić information content (AvgIpc) is 3.04. The second-order valence-electron chi connectivity index (χ2n) is 6.22. The number of hydrogen-bond acceptors (Lipinski definition) is 4. The molecule has 0 spiro atoms. The summed E-state index contributed by atoms with van der Waals surface area (Å²) in [6.45, 7) is 4.17. The van der Waals surface area contributed by atoms with E-state index < -0.39 is 11.1 Å². The first-order chi connectivity index (χ1) is 13.5. The zero-order valence-corrected chi connectivity index (χ0v) is 17.0. The Morgan fingerprint density at radius 3 is 2.36 bits per heavy atom. The molecule has 0 amide bonds. The Kier molecular flexibility index (Phi) is 6.44. The van der Waals surface area contributed by atoms with E-state index in [1.165, 1.54) is 7.11 Å².